The maximum atomic E-state index is 14.0. The minimum Gasteiger partial charge on any atom is -0.475 e. The van der Waals surface area contributed by atoms with Gasteiger partial charge in [0.1, 0.15) is 18.1 Å². The molecule has 10 N–H and O–H groups in total. The number of nitrogens with zero attached hydrogens (tertiary/aromatic N) is 2. The first-order valence-corrected chi connectivity index (χ1v) is 22.8. The van der Waals surface area contributed by atoms with E-state index in [9.17, 15) is 58.7 Å². The normalized spacial score (nSPS) is 17.2. The maximum Gasteiger partial charge on any atom is 0.490 e. The Morgan fingerprint density at radius 3 is 1.47 bits per heavy atom. The van der Waals surface area contributed by atoms with Crippen molar-refractivity contribution in [3.8, 4) is 0 Å². The summed E-state index contributed by atoms with van der Waals surface area (Å²) in [6.07, 6.45) is -10.4. The summed E-state index contributed by atoms with van der Waals surface area (Å²) in [6.45, 7) is 9.52. The van der Waals surface area contributed by atoms with Gasteiger partial charge in [-0.25, -0.2) is 14.4 Å². The van der Waals surface area contributed by atoms with Crippen molar-refractivity contribution in [3.63, 3.8) is 0 Å². The van der Waals surface area contributed by atoms with Crippen molar-refractivity contribution in [2.24, 2.45) is 22.8 Å². The van der Waals surface area contributed by atoms with Crippen LogP contribution in [0.3, 0.4) is 0 Å². The molecule has 0 saturated carbocycles. The molecular formula is C46H62F9N7O11. The van der Waals surface area contributed by atoms with Crippen molar-refractivity contribution >= 4 is 41.5 Å². The molecule has 3 aliphatic rings. The minimum atomic E-state index is -5.08. The summed E-state index contributed by atoms with van der Waals surface area (Å²) in [5, 5.41) is 30.2. The molecule has 18 nitrogen and oxygen atoms in total. The van der Waals surface area contributed by atoms with Gasteiger partial charge < -0.3 is 52.4 Å². The van der Waals surface area contributed by atoms with E-state index in [0.29, 0.717) is 51.4 Å². The number of hydrogen-bond donors (Lipinski definition) is 8. The lowest BCUT2D eigenvalue weighted by atomic mass is 9.71. The smallest absolute Gasteiger partial charge is 0.475 e. The number of likely N-dealkylation sites (tertiary alicyclic amines) is 2. The first-order chi connectivity index (χ1) is 33.9. The summed E-state index contributed by atoms with van der Waals surface area (Å²) in [6, 6.07) is 15.9. The number of ether oxygens (including phenoxy) is 1. The van der Waals surface area contributed by atoms with Crippen molar-refractivity contribution in [1.29, 1.82) is 0 Å². The molecule has 4 amide bonds. The predicted octanol–water partition coefficient (Wildman–Crippen LogP) is 3.65. The zero-order valence-corrected chi connectivity index (χ0v) is 39.9. The predicted molar refractivity (Wildman–Crippen MR) is 242 cm³/mol. The minimum absolute atomic E-state index is 0.0662. The van der Waals surface area contributed by atoms with Crippen LogP contribution in [0.2, 0.25) is 0 Å². The van der Waals surface area contributed by atoms with Crippen LogP contribution in [0.15, 0.2) is 60.7 Å². The largest absolute Gasteiger partial charge is 0.490 e. The molecule has 2 aromatic carbocycles. The molecule has 3 aliphatic heterocycles. The molecule has 5 rings (SSSR count). The second-order valence-electron chi connectivity index (χ2n) is 17.9. The molecule has 73 heavy (non-hydrogen) atoms. The first kappa shape index (κ1) is 63.1. The lowest BCUT2D eigenvalue weighted by molar-refractivity contribution is -0.193. The Balaban J connectivity index is 0.000000725. The number of nitrogens with two attached hydrogens (primary N) is 2. The van der Waals surface area contributed by atoms with Crippen molar-refractivity contribution in [3.05, 3.63) is 71.8 Å². The van der Waals surface area contributed by atoms with E-state index < -0.39 is 78.3 Å². The monoisotopic (exact) mass is 1060 g/mol. The molecule has 0 aliphatic carbocycles. The van der Waals surface area contributed by atoms with Gasteiger partial charge in [-0.15, -0.1) is 0 Å². The summed E-state index contributed by atoms with van der Waals surface area (Å²) in [7, 11) is 0. The number of halogens is 9. The Morgan fingerprint density at radius 1 is 0.658 bits per heavy atom. The standard InChI is InChI=1S/C40H59N7O5.3C2HF3O2/c1-28(2)21-34(45-38(50)35(23-30-13-7-4-8-14-30)44-36(48)32(42)22-29-11-5-3-6-12-29)37(49)43-33(15-9-10-18-41)39(51)47-26-40(27-47)16-19-46(20-17-40)31-24-52-25-31;3*3-2(4,5)1(6)7/h3-8,11-14,28,31-35H,9-10,15-27,41-42H2,1-2H3,(H,43,49)(H,44,48)(H,45,50);3*(H,6,7). The third-order valence-electron chi connectivity index (χ3n) is 11.5. The molecule has 3 fully saturated rings. The number of unbranched alkanes of at least 4 members (excludes halogenated alkanes) is 1. The molecule has 27 heteroatoms. The summed E-state index contributed by atoms with van der Waals surface area (Å²) < 4.78 is 101. The Hall–Kier alpha value is -6.06. The molecular weight excluding hydrogens is 998 g/mol. The molecule has 1 spiro atoms. The van der Waals surface area contributed by atoms with Crippen molar-refractivity contribution < 1.29 is 93.1 Å². The van der Waals surface area contributed by atoms with E-state index in [1.807, 2.05) is 79.4 Å². The number of aliphatic carboxylic acids is 3. The SMILES string of the molecule is CC(C)CC(NC(=O)C(Cc1ccccc1)NC(=O)C(N)Cc1ccccc1)C(=O)NC(CCCCN)C(=O)N1CC2(CCN(C3COC3)CC2)C1.O=C(O)C(F)(F)F.O=C(O)C(F)(F)F.O=C(O)C(F)(F)F. The second kappa shape index (κ2) is 29.0. The van der Waals surface area contributed by atoms with Gasteiger partial charge in [0.2, 0.25) is 23.6 Å². The fourth-order valence-corrected chi connectivity index (χ4v) is 7.55. The fraction of sp³-hybridized carbons (Fsp3) is 0.587. The van der Waals surface area contributed by atoms with Gasteiger partial charge in [-0.2, -0.15) is 39.5 Å². The Kier molecular flexibility index (Phi) is 25.0. The van der Waals surface area contributed by atoms with Crippen molar-refractivity contribution in [2.45, 2.75) is 114 Å². The van der Waals surface area contributed by atoms with Gasteiger partial charge in [0, 0.05) is 24.9 Å². The molecule has 410 valence electrons. The van der Waals surface area contributed by atoms with Gasteiger partial charge in [0.15, 0.2) is 0 Å². The van der Waals surface area contributed by atoms with Crippen LogP contribution < -0.4 is 27.4 Å². The van der Waals surface area contributed by atoms with Gasteiger partial charge in [0.05, 0.1) is 25.3 Å². The molecule has 4 atom stereocenters. The van der Waals surface area contributed by atoms with E-state index in [1.54, 1.807) is 0 Å². The number of amides is 4. The molecule has 0 bridgehead atoms. The van der Waals surface area contributed by atoms with E-state index in [1.165, 1.54) is 0 Å². The number of alkyl halides is 9. The average molecular weight is 1060 g/mol. The van der Waals surface area contributed by atoms with Crippen molar-refractivity contribution in [1.82, 2.24) is 25.8 Å². The van der Waals surface area contributed by atoms with Crippen LogP contribution in [0.4, 0.5) is 39.5 Å². The van der Waals surface area contributed by atoms with E-state index in [0.717, 1.165) is 56.7 Å². The Morgan fingerprint density at radius 2 is 1.07 bits per heavy atom. The van der Waals surface area contributed by atoms with Crippen LogP contribution >= 0.6 is 0 Å². The van der Waals surface area contributed by atoms with Gasteiger partial charge in [-0.05, 0) is 81.6 Å². The maximum absolute atomic E-state index is 14.0. The van der Waals surface area contributed by atoms with E-state index in [2.05, 4.69) is 20.9 Å². The van der Waals surface area contributed by atoms with Crippen molar-refractivity contribution in [2.75, 3.05) is 45.9 Å². The van der Waals surface area contributed by atoms with Crippen LogP contribution in [-0.4, -0.2) is 161 Å². The van der Waals surface area contributed by atoms with Gasteiger partial charge >= 0.3 is 36.4 Å². The zero-order chi connectivity index (χ0) is 55.3. The summed E-state index contributed by atoms with van der Waals surface area (Å²) in [5.74, 6) is -9.64. The van der Waals surface area contributed by atoms with Gasteiger partial charge in [0.25, 0.3) is 0 Å². The molecule has 3 saturated heterocycles. The first-order valence-electron chi connectivity index (χ1n) is 22.8. The lowest BCUT2D eigenvalue weighted by Gasteiger charge is -2.56. The van der Waals surface area contributed by atoms with Crippen LogP contribution in [0.1, 0.15) is 63.5 Å². The number of carbonyl (C=O) groups is 7. The van der Waals surface area contributed by atoms with Crippen LogP contribution in [0.25, 0.3) is 0 Å². The summed E-state index contributed by atoms with van der Waals surface area (Å²) in [5.41, 5.74) is 14.0. The third kappa shape index (κ3) is 22.7. The zero-order valence-electron chi connectivity index (χ0n) is 39.9. The quantitative estimate of drug-likeness (QED) is 0.0782. The van der Waals surface area contributed by atoms with Gasteiger partial charge in [-0.3, -0.25) is 24.1 Å². The number of hydrogen-bond acceptors (Lipinski definition) is 11. The highest BCUT2D eigenvalue weighted by Crippen LogP contribution is 2.41. The summed E-state index contributed by atoms with van der Waals surface area (Å²) >= 11 is 0. The topological polar surface area (TPSA) is 284 Å². The fourth-order valence-electron chi connectivity index (χ4n) is 7.55. The average Bonchev–Trinajstić information content (AvgIpc) is 3.27. The Bertz CT molecular complexity index is 2020. The number of nitrogens with one attached hydrogen (secondary N) is 3. The van der Waals surface area contributed by atoms with E-state index in [4.69, 9.17) is 45.9 Å². The number of carboxylic acids is 3. The second-order valence-corrected chi connectivity index (χ2v) is 17.9. The molecule has 3 heterocycles. The van der Waals surface area contributed by atoms with E-state index in [-0.39, 0.29) is 23.7 Å². The van der Waals surface area contributed by atoms with Crippen LogP contribution in [0, 0.1) is 11.3 Å². The summed E-state index contributed by atoms with van der Waals surface area (Å²) in [4.78, 5) is 86.3. The highest BCUT2D eigenvalue weighted by Gasteiger charge is 2.49. The number of rotatable bonds is 18. The third-order valence-corrected chi connectivity index (χ3v) is 11.5. The van der Waals surface area contributed by atoms with Crippen LogP contribution in [-0.2, 0) is 51.1 Å². The van der Waals surface area contributed by atoms with E-state index >= 15 is 0 Å². The highest BCUT2D eigenvalue weighted by atomic mass is 19.4. The molecule has 2 aromatic rings. The number of carboxylic acid groups (broad SMARTS) is 3. The highest BCUT2D eigenvalue weighted by molar-refractivity contribution is 5.95. The number of carbonyl (C=O) groups excluding carboxylic acids is 4. The number of piperidine rings is 1. The molecule has 4 unspecified atom stereocenters. The number of benzene rings is 2. The van der Waals surface area contributed by atoms with Crippen LogP contribution in [0.5, 0.6) is 0 Å². The Labute approximate surface area is 414 Å². The lowest BCUT2D eigenvalue weighted by Crippen LogP contribution is -2.66. The molecule has 0 aromatic heterocycles. The van der Waals surface area contributed by atoms with Gasteiger partial charge in [-0.1, -0.05) is 74.5 Å². The molecule has 0 radical (unpaired) electrons.